The molecule has 0 bridgehead atoms. The van der Waals surface area contributed by atoms with Gasteiger partial charge in [0.15, 0.2) is 12.0 Å². The predicted octanol–water partition coefficient (Wildman–Crippen LogP) is 3.74. The number of aromatic amines is 1. The molecule has 2 heterocycles. The van der Waals surface area contributed by atoms with Crippen molar-refractivity contribution in [3.63, 3.8) is 0 Å². The van der Waals surface area contributed by atoms with Crippen molar-refractivity contribution in [3.05, 3.63) is 62.6 Å². The second kappa shape index (κ2) is 7.05. The highest BCUT2D eigenvalue weighted by atomic mass is 79.9. The molecule has 0 atom stereocenters. The van der Waals surface area contributed by atoms with Crippen LogP contribution in [0.2, 0.25) is 0 Å². The summed E-state index contributed by atoms with van der Waals surface area (Å²) >= 11 is 3.42. The summed E-state index contributed by atoms with van der Waals surface area (Å²) in [6.07, 6.45) is 5.08. The molecule has 0 radical (unpaired) electrons. The fourth-order valence-corrected chi connectivity index (χ4v) is 2.98. The van der Waals surface area contributed by atoms with Crippen molar-refractivity contribution in [2.75, 3.05) is 6.61 Å². The zero-order valence-electron chi connectivity index (χ0n) is 13.2. The lowest BCUT2D eigenvalue weighted by molar-refractivity contribution is 0.112. The van der Waals surface area contributed by atoms with Crippen LogP contribution in [-0.2, 0) is 6.54 Å². The van der Waals surface area contributed by atoms with Crippen molar-refractivity contribution in [1.29, 1.82) is 0 Å². The van der Waals surface area contributed by atoms with Crippen molar-refractivity contribution in [2.24, 2.45) is 0 Å². The Kier molecular flexibility index (Phi) is 4.85. The third kappa shape index (κ3) is 3.28. The monoisotopic (exact) mass is 388 g/mol. The quantitative estimate of drug-likeness (QED) is 0.654. The lowest BCUT2D eigenvalue weighted by Crippen LogP contribution is -2.11. The number of hydrogen-bond donors (Lipinski definition) is 1. The normalized spacial score (nSPS) is 10.9. The number of rotatable bonds is 6. The van der Waals surface area contributed by atoms with Gasteiger partial charge in [0.2, 0.25) is 5.43 Å². The van der Waals surface area contributed by atoms with Crippen LogP contribution in [0.1, 0.15) is 29.4 Å². The summed E-state index contributed by atoms with van der Waals surface area (Å²) in [5.41, 5.74) is 2.16. The highest BCUT2D eigenvalue weighted by molar-refractivity contribution is 9.10. The summed E-state index contributed by atoms with van der Waals surface area (Å²) in [5, 5.41) is 0.879. The first kappa shape index (κ1) is 16.5. The second-order valence-corrected chi connectivity index (χ2v) is 6.44. The van der Waals surface area contributed by atoms with Crippen molar-refractivity contribution < 1.29 is 9.53 Å². The Morgan fingerprint density at radius 2 is 2.17 bits per heavy atom. The first-order valence-corrected chi connectivity index (χ1v) is 8.49. The molecule has 24 heavy (non-hydrogen) atoms. The van der Waals surface area contributed by atoms with Gasteiger partial charge in [-0.3, -0.25) is 9.59 Å². The van der Waals surface area contributed by atoms with Crippen LogP contribution in [0, 0.1) is 0 Å². The van der Waals surface area contributed by atoms with E-state index in [1.165, 1.54) is 6.07 Å². The fraction of sp³-hybridized carbons (Fsp3) is 0.222. The molecule has 1 N–H and O–H groups in total. The van der Waals surface area contributed by atoms with E-state index in [-0.39, 0.29) is 5.43 Å². The molecule has 6 heteroatoms. The minimum absolute atomic E-state index is 0.146. The molecule has 0 aliphatic heterocycles. The van der Waals surface area contributed by atoms with E-state index in [0.29, 0.717) is 24.5 Å². The minimum Gasteiger partial charge on any atom is -0.488 e. The Hall–Kier alpha value is -2.34. The van der Waals surface area contributed by atoms with Crippen LogP contribution in [-0.4, -0.2) is 22.4 Å². The van der Waals surface area contributed by atoms with Gasteiger partial charge in [0.05, 0.1) is 13.2 Å². The summed E-state index contributed by atoms with van der Waals surface area (Å²) in [4.78, 5) is 26.5. The van der Waals surface area contributed by atoms with Gasteiger partial charge in [-0.05, 0) is 24.6 Å². The van der Waals surface area contributed by atoms with Gasteiger partial charge in [0.25, 0.3) is 0 Å². The molecule has 0 fully saturated rings. The van der Waals surface area contributed by atoms with Gasteiger partial charge < -0.3 is 14.3 Å². The number of benzene rings is 1. The molecule has 0 saturated heterocycles. The average Bonchev–Trinajstić information content (AvgIpc) is 2.91. The van der Waals surface area contributed by atoms with E-state index in [2.05, 4.69) is 20.9 Å². The van der Waals surface area contributed by atoms with E-state index in [4.69, 9.17) is 4.74 Å². The lowest BCUT2D eigenvalue weighted by atomic mass is 10.2. The third-order valence-corrected chi connectivity index (χ3v) is 4.23. The molecular formula is C18H17BrN2O3. The number of hydrogen-bond acceptors (Lipinski definition) is 3. The van der Waals surface area contributed by atoms with E-state index in [9.17, 15) is 9.59 Å². The van der Waals surface area contributed by atoms with Gasteiger partial charge in [-0.25, -0.2) is 0 Å². The highest BCUT2D eigenvalue weighted by Gasteiger charge is 2.10. The van der Waals surface area contributed by atoms with E-state index < -0.39 is 0 Å². The molecule has 124 valence electrons. The number of carbonyl (C=O) groups is 1. The average molecular weight is 389 g/mol. The van der Waals surface area contributed by atoms with E-state index >= 15 is 0 Å². The van der Waals surface area contributed by atoms with Gasteiger partial charge in [0, 0.05) is 45.1 Å². The number of H-pyrrole nitrogens is 1. The van der Waals surface area contributed by atoms with Crippen molar-refractivity contribution in [1.82, 2.24) is 9.55 Å². The molecule has 0 amide bonds. The van der Waals surface area contributed by atoms with Gasteiger partial charge >= 0.3 is 0 Å². The maximum Gasteiger partial charge on any atom is 0.223 e. The van der Waals surface area contributed by atoms with Crippen LogP contribution in [0.25, 0.3) is 10.9 Å². The number of carbonyl (C=O) groups excluding carboxylic acids is 1. The maximum absolute atomic E-state index is 12.1. The van der Waals surface area contributed by atoms with E-state index in [1.54, 1.807) is 12.4 Å². The fourth-order valence-electron chi connectivity index (χ4n) is 2.62. The van der Waals surface area contributed by atoms with E-state index in [0.717, 1.165) is 33.8 Å². The third-order valence-electron chi connectivity index (χ3n) is 3.74. The van der Waals surface area contributed by atoms with Gasteiger partial charge in [-0.2, -0.15) is 0 Å². The summed E-state index contributed by atoms with van der Waals surface area (Å²) < 4.78 is 8.26. The first-order valence-electron chi connectivity index (χ1n) is 7.70. The Bertz CT molecular complexity index is 943. The molecule has 0 aliphatic carbocycles. The minimum atomic E-state index is -0.146. The van der Waals surface area contributed by atoms with Crippen LogP contribution in [0.4, 0.5) is 0 Å². The van der Waals surface area contributed by atoms with Crippen molar-refractivity contribution in [2.45, 2.75) is 19.9 Å². The number of aromatic nitrogens is 2. The number of pyridine rings is 1. The predicted molar refractivity (Wildman–Crippen MR) is 97.0 cm³/mol. The van der Waals surface area contributed by atoms with Gasteiger partial charge in [-0.15, -0.1) is 0 Å². The number of ether oxygens (including phenoxy) is 1. The number of nitrogens with one attached hydrogen (secondary N) is 1. The Morgan fingerprint density at radius 1 is 1.33 bits per heavy atom. The summed E-state index contributed by atoms with van der Waals surface area (Å²) in [6, 6.07) is 7.33. The molecule has 1 aromatic carbocycles. The molecule has 5 nitrogen and oxygen atoms in total. The smallest absolute Gasteiger partial charge is 0.223 e. The topological polar surface area (TPSA) is 64.1 Å². The molecular weight excluding hydrogens is 372 g/mol. The Balaban J connectivity index is 1.94. The Morgan fingerprint density at radius 3 is 2.88 bits per heavy atom. The van der Waals surface area contributed by atoms with Crippen molar-refractivity contribution >= 4 is 33.1 Å². The highest BCUT2D eigenvalue weighted by Crippen LogP contribution is 2.24. The molecule has 3 rings (SSSR count). The molecule has 0 spiro atoms. The zero-order chi connectivity index (χ0) is 17.1. The molecule has 0 aliphatic rings. The molecule has 3 aromatic rings. The van der Waals surface area contributed by atoms with Crippen LogP contribution in [0.5, 0.6) is 5.75 Å². The standard InChI is InChI=1S/C18H17BrN2O3/c1-2-5-24-18-8-20-14(7-17(18)23)10-21-9-12(11-22)15-6-13(19)3-4-16(15)21/h3-4,6-9,11H,2,5,10H2,1H3,(H,20,23). The lowest BCUT2D eigenvalue weighted by Gasteiger charge is -2.08. The molecule has 0 saturated carbocycles. The molecule has 0 unspecified atom stereocenters. The number of aldehydes is 1. The zero-order valence-corrected chi connectivity index (χ0v) is 14.8. The number of halogens is 1. The van der Waals surface area contributed by atoms with Crippen molar-refractivity contribution in [3.8, 4) is 5.75 Å². The SMILES string of the molecule is CCCOc1c[nH]c(Cn2cc(C=O)c3cc(Br)ccc32)cc1=O. The van der Waals surface area contributed by atoms with Gasteiger partial charge in [-0.1, -0.05) is 22.9 Å². The number of fused-ring (bicyclic) bond motifs is 1. The Labute approximate surface area is 147 Å². The van der Waals surface area contributed by atoms with Gasteiger partial charge in [0.1, 0.15) is 0 Å². The maximum atomic E-state index is 12.1. The second-order valence-electron chi connectivity index (χ2n) is 5.53. The van der Waals surface area contributed by atoms with Crippen LogP contribution >= 0.6 is 15.9 Å². The van der Waals surface area contributed by atoms with E-state index in [1.807, 2.05) is 29.7 Å². The van der Waals surface area contributed by atoms with Crippen LogP contribution in [0.15, 0.2) is 45.9 Å². The molecule has 2 aromatic heterocycles. The van der Waals surface area contributed by atoms with Crippen LogP contribution in [0.3, 0.4) is 0 Å². The van der Waals surface area contributed by atoms with Crippen LogP contribution < -0.4 is 10.2 Å². The summed E-state index contributed by atoms with van der Waals surface area (Å²) in [7, 11) is 0. The number of nitrogens with zero attached hydrogens (tertiary/aromatic N) is 1. The summed E-state index contributed by atoms with van der Waals surface area (Å²) in [6.45, 7) is 2.97. The largest absolute Gasteiger partial charge is 0.488 e. The summed E-state index contributed by atoms with van der Waals surface area (Å²) in [5.74, 6) is 0.329. The first-order chi connectivity index (χ1) is 11.6.